The highest BCUT2D eigenvalue weighted by molar-refractivity contribution is 5.97. The Labute approximate surface area is 329 Å². The number of primary amides is 1. The summed E-state index contributed by atoms with van der Waals surface area (Å²) in [6.45, 7) is 18.3. The van der Waals surface area contributed by atoms with Crippen LogP contribution < -0.4 is 32.5 Å². The van der Waals surface area contributed by atoms with E-state index in [0.717, 1.165) is 18.6 Å². The van der Waals surface area contributed by atoms with Crippen LogP contribution in [0.4, 0.5) is 10.5 Å². The smallest absolute Gasteiger partial charge is 0.312 e. The van der Waals surface area contributed by atoms with Crippen molar-refractivity contribution in [2.45, 2.75) is 86.0 Å². The Bertz CT molecular complexity index is 1480. The zero-order valence-corrected chi connectivity index (χ0v) is 33.6. The summed E-state index contributed by atoms with van der Waals surface area (Å²) in [5.74, 6) is -1.92. The van der Waals surface area contributed by atoms with E-state index < -0.39 is 23.9 Å². The van der Waals surface area contributed by atoms with Crippen molar-refractivity contribution in [2.24, 2.45) is 23.0 Å². The first-order valence-corrected chi connectivity index (χ1v) is 19.0. The number of aromatic nitrogens is 3. The van der Waals surface area contributed by atoms with Crippen molar-refractivity contribution in [3.8, 4) is 0 Å². The summed E-state index contributed by atoms with van der Waals surface area (Å²) in [5.41, 5.74) is 9.23. The molecule has 0 aliphatic heterocycles. The lowest BCUT2D eigenvalue weighted by Gasteiger charge is -2.24. The molecule has 2 atom stereocenters. The molecule has 0 aliphatic carbocycles. The number of hydrogen-bond donors (Lipinski definition) is 7. The van der Waals surface area contributed by atoms with Crippen molar-refractivity contribution >= 4 is 29.3 Å². The van der Waals surface area contributed by atoms with Crippen molar-refractivity contribution in [1.29, 1.82) is 0 Å². The number of Topliss-reactive ketones (excluding diaryl/α,β-unsaturated/α-hetero) is 1. The zero-order valence-electron chi connectivity index (χ0n) is 33.6. The van der Waals surface area contributed by atoms with Gasteiger partial charge in [-0.25, -0.2) is 9.48 Å². The van der Waals surface area contributed by atoms with E-state index in [1.54, 1.807) is 48.3 Å². The van der Waals surface area contributed by atoms with Crippen LogP contribution in [0.15, 0.2) is 42.9 Å². The molecule has 18 heteroatoms. The molecule has 2 rings (SSSR count). The van der Waals surface area contributed by atoms with Crippen molar-refractivity contribution < 1.29 is 43.3 Å². The molecule has 314 valence electrons. The van der Waals surface area contributed by atoms with Crippen LogP contribution in [0.5, 0.6) is 0 Å². The SMILES string of the molecule is C=C(NCc1cn(CCOCCOCCOCCC(C)(C)C)nn1)OCc1ccc(NC(=O)[C@H](CCCNC(N)=O)CC(=O)[C@@H](NC(=O)CNO)C(C)C)cc1. The van der Waals surface area contributed by atoms with Gasteiger partial charge in [-0.05, 0) is 54.9 Å². The highest BCUT2D eigenvalue weighted by Gasteiger charge is 2.29. The highest BCUT2D eigenvalue weighted by atomic mass is 16.5. The fourth-order valence-electron chi connectivity index (χ4n) is 5.12. The first kappa shape index (κ1) is 47.5. The molecule has 0 unspecified atom stereocenters. The largest absolute Gasteiger partial charge is 0.475 e. The van der Waals surface area contributed by atoms with Gasteiger partial charge >= 0.3 is 6.03 Å². The maximum Gasteiger partial charge on any atom is 0.312 e. The molecule has 0 saturated heterocycles. The van der Waals surface area contributed by atoms with E-state index >= 15 is 0 Å². The van der Waals surface area contributed by atoms with E-state index in [1.807, 2.05) is 6.20 Å². The van der Waals surface area contributed by atoms with Crippen LogP contribution in [0.25, 0.3) is 0 Å². The molecule has 1 aromatic heterocycles. The Morgan fingerprint density at radius 3 is 2.25 bits per heavy atom. The van der Waals surface area contributed by atoms with Gasteiger partial charge in [-0.1, -0.05) is 52.0 Å². The first-order chi connectivity index (χ1) is 26.7. The van der Waals surface area contributed by atoms with Crippen LogP contribution in [-0.2, 0) is 53.0 Å². The standard InChI is InChI=1S/C38H63N9O9/c1-27(2)35(44-34(49)24-42-52)33(48)22-30(8-7-14-40-37(39)51)36(50)43-31-11-9-29(10-12-31)26-56-28(3)41-23-32-25-47(46-45-32)15-17-54-19-21-55-20-18-53-16-13-38(4,5)6/h9-12,25,27,30,35,41-42,52H,3,7-8,13-24,26H2,1-2,4-6H3,(H,43,50)(H,44,49)(H3,39,40,51)/t30-,35+/m1/s1. The molecular formula is C38H63N9O9. The van der Waals surface area contributed by atoms with Crippen LogP contribution >= 0.6 is 0 Å². The van der Waals surface area contributed by atoms with Crippen molar-refractivity contribution in [2.75, 3.05) is 58.0 Å². The number of hydroxylamine groups is 1. The molecule has 0 aliphatic rings. The molecule has 0 fully saturated rings. The number of nitrogens with two attached hydrogens (primary N) is 1. The van der Waals surface area contributed by atoms with E-state index in [1.165, 1.54) is 0 Å². The molecule has 0 radical (unpaired) electrons. The fraction of sp³-hybridized carbons (Fsp3) is 0.632. The third-order valence-corrected chi connectivity index (χ3v) is 8.31. The summed E-state index contributed by atoms with van der Waals surface area (Å²) in [4.78, 5) is 49.7. The molecule has 4 amide bonds. The molecule has 1 aromatic carbocycles. The van der Waals surface area contributed by atoms with Gasteiger partial charge in [-0.3, -0.25) is 14.4 Å². The van der Waals surface area contributed by atoms with E-state index in [-0.39, 0.29) is 55.6 Å². The van der Waals surface area contributed by atoms with Gasteiger partial charge in [0, 0.05) is 31.2 Å². The average Bonchev–Trinajstić information content (AvgIpc) is 3.59. The lowest BCUT2D eigenvalue weighted by molar-refractivity contribution is -0.131. The molecule has 2 aromatic rings. The molecule has 0 bridgehead atoms. The number of amides is 4. The van der Waals surface area contributed by atoms with Gasteiger partial charge in [0.1, 0.15) is 12.3 Å². The third kappa shape index (κ3) is 21.5. The van der Waals surface area contributed by atoms with Crippen molar-refractivity contribution in [3.63, 3.8) is 0 Å². The number of benzene rings is 1. The summed E-state index contributed by atoms with van der Waals surface area (Å²) < 4.78 is 24.2. The monoisotopic (exact) mass is 789 g/mol. The van der Waals surface area contributed by atoms with Gasteiger partial charge in [0.2, 0.25) is 11.8 Å². The minimum absolute atomic E-state index is 0.144. The highest BCUT2D eigenvalue weighted by Crippen LogP contribution is 2.20. The van der Waals surface area contributed by atoms with Gasteiger partial charge in [0.05, 0.1) is 64.9 Å². The summed E-state index contributed by atoms with van der Waals surface area (Å²) >= 11 is 0. The zero-order chi connectivity index (χ0) is 41.3. The van der Waals surface area contributed by atoms with Gasteiger partial charge in [0.25, 0.3) is 0 Å². The maximum atomic E-state index is 13.4. The number of urea groups is 1. The van der Waals surface area contributed by atoms with Crippen LogP contribution in [0.3, 0.4) is 0 Å². The van der Waals surface area contributed by atoms with Gasteiger partial charge in [-0.2, -0.15) is 5.48 Å². The molecular weight excluding hydrogens is 726 g/mol. The van der Waals surface area contributed by atoms with Gasteiger partial charge in [0.15, 0.2) is 11.7 Å². The number of nitrogens with zero attached hydrogens (tertiary/aromatic N) is 3. The van der Waals surface area contributed by atoms with Crippen molar-refractivity contribution in [1.82, 2.24) is 36.4 Å². The predicted molar refractivity (Wildman–Crippen MR) is 209 cm³/mol. The van der Waals surface area contributed by atoms with E-state index in [9.17, 15) is 19.2 Å². The minimum atomic E-state index is -0.853. The Balaban J connectivity index is 1.74. The number of anilines is 1. The molecule has 18 nitrogen and oxygen atoms in total. The summed E-state index contributed by atoms with van der Waals surface area (Å²) in [6, 6.07) is 5.49. The fourth-order valence-corrected chi connectivity index (χ4v) is 5.12. The first-order valence-electron chi connectivity index (χ1n) is 19.0. The predicted octanol–water partition coefficient (Wildman–Crippen LogP) is 2.62. The Hall–Kier alpha value is -4.62. The van der Waals surface area contributed by atoms with Crippen molar-refractivity contribution in [3.05, 3.63) is 54.2 Å². The van der Waals surface area contributed by atoms with Crippen LogP contribution in [0, 0.1) is 17.3 Å². The Morgan fingerprint density at radius 2 is 1.62 bits per heavy atom. The third-order valence-electron chi connectivity index (χ3n) is 8.31. The normalized spacial score (nSPS) is 12.5. The maximum absolute atomic E-state index is 13.4. The average molecular weight is 790 g/mol. The van der Waals surface area contributed by atoms with Crippen LogP contribution in [0.1, 0.15) is 71.6 Å². The van der Waals surface area contributed by atoms with Gasteiger partial charge in [-0.15, -0.1) is 5.10 Å². The molecule has 1 heterocycles. The molecule has 8 N–H and O–H groups in total. The Morgan fingerprint density at radius 1 is 0.964 bits per heavy atom. The van der Waals surface area contributed by atoms with E-state index in [0.29, 0.717) is 69.8 Å². The summed E-state index contributed by atoms with van der Waals surface area (Å²) in [5, 5.41) is 28.1. The molecule has 0 spiro atoms. The molecule has 56 heavy (non-hydrogen) atoms. The number of ether oxygens (including phenoxy) is 4. The molecule has 0 saturated carbocycles. The number of carbonyl (C=O) groups is 4. The lowest BCUT2D eigenvalue weighted by atomic mass is 9.89. The topological polar surface area (TPSA) is 242 Å². The second kappa shape index (κ2) is 26.3. The Kier molecular flexibility index (Phi) is 22.3. The number of nitrogens with one attached hydrogen (secondary N) is 5. The van der Waals surface area contributed by atoms with Crippen LogP contribution in [-0.4, -0.2) is 103 Å². The number of rotatable bonds is 30. The van der Waals surface area contributed by atoms with E-state index in [4.69, 9.17) is 29.9 Å². The number of carbonyl (C=O) groups excluding carboxylic acids is 4. The van der Waals surface area contributed by atoms with E-state index in [2.05, 4.69) is 58.9 Å². The van der Waals surface area contributed by atoms with Crippen LogP contribution in [0.2, 0.25) is 0 Å². The summed E-state index contributed by atoms with van der Waals surface area (Å²) in [6.07, 6.45) is 3.37. The second-order valence-electron chi connectivity index (χ2n) is 14.8. The lowest BCUT2D eigenvalue weighted by Crippen LogP contribution is -2.48. The second-order valence-corrected chi connectivity index (χ2v) is 14.8. The summed E-state index contributed by atoms with van der Waals surface area (Å²) in [7, 11) is 0. The minimum Gasteiger partial charge on any atom is -0.475 e. The number of ketones is 1. The quantitative estimate of drug-likeness (QED) is 0.0343. The van der Waals surface area contributed by atoms with Gasteiger partial charge < -0.3 is 51.2 Å². The number of hydrogen-bond acceptors (Lipinski definition) is 13.